The van der Waals surface area contributed by atoms with Crippen LogP contribution in [0.2, 0.25) is 0 Å². The SMILES string of the molecule is CC(C)(C)c1cc(C(=O)O)cc(C(C)(C)C)c1O.[NaH]. The Morgan fingerprint density at radius 3 is 1.47 bits per heavy atom. The first-order chi connectivity index (χ1) is 7.94. The third-order valence-electron chi connectivity index (χ3n) is 2.97. The maximum absolute atomic E-state index is 11.2. The second-order valence-electron chi connectivity index (χ2n) is 6.73. The molecular weight excluding hydrogens is 251 g/mol. The summed E-state index contributed by atoms with van der Waals surface area (Å²) in [6.07, 6.45) is 0. The molecule has 0 fully saturated rings. The molecule has 0 amide bonds. The van der Waals surface area contributed by atoms with Crippen molar-refractivity contribution in [3.8, 4) is 5.75 Å². The van der Waals surface area contributed by atoms with Crippen molar-refractivity contribution >= 4 is 35.5 Å². The number of rotatable bonds is 1. The van der Waals surface area contributed by atoms with E-state index in [1.165, 1.54) is 0 Å². The Morgan fingerprint density at radius 2 is 1.26 bits per heavy atom. The molecule has 0 aliphatic rings. The summed E-state index contributed by atoms with van der Waals surface area (Å²) >= 11 is 0. The van der Waals surface area contributed by atoms with E-state index in [0.29, 0.717) is 11.1 Å². The van der Waals surface area contributed by atoms with Crippen LogP contribution < -0.4 is 0 Å². The molecule has 0 heterocycles. The summed E-state index contributed by atoms with van der Waals surface area (Å²) in [5.74, 6) is -0.758. The van der Waals surface area contributed by atoms with E-state index in [1.54, 1.807) is 12.1 Å². The molecule has 0 aliphatic heterocycles. The number of carboxylic acid groups (broad SMARTS) is 1. The van der Waals surface area contributed by atoms with Crippen LogP contribution in [0.15, 0.2) is 12.1 Å². The molecular formula is C15H23NaO3. The Bertz CT molecular complexity index is 444. The van der Waals surface area contributed by atoms with Crippen molar-refractivity contribution < 1.29 is 15.0 Å². The molecule has 0 atom stereocenters. The zero-order chi connectivity index (χ0) is 14.3. The van der Waals surface area contributed by atoms with Crippen molar-refractivity contribution in [3.63, 3.8) is 0 Å². The Labute approximate surface area is 137 Å². The van der Waals surface area contributed by atoms with Crippen LogP contribution >= 0.6 is 0 Å². The quantitative estimate of drug-likeness (QED) is 0.774. The Balaban J connectivity index is 0.00000324. The fourth-order valence-electron chi connectivity index (χ4n) is 1.90. The van der Waals surface area contributed by atoms with E-state index in [0.717, 1.165) is 0 Å². The molecule has 0 aliphatic carbocycles. The van der Waals surface area contributed by atoms with E-state index >= 15 is 0 Å². The minimum absolute atomic E-state index is 0. The maximum atomic E-state index is 11.2. The molecule has 3 nitrogen and oxygen atoms in total. The fourth-order valence-corrected chi connectivity index (χ4v) is 1.90. The normalized spacial score (nSPS) is 11.9. The first kappa shape index (κ1) is 18.5. The number of aromatic hydroxyl groups is 1. The van der Waals surface area contributed by atoms with Crippen LogP contribution in [0.4, 0.5) is 0 Å². The molecule has 0 saturated carbocycles. The van der Waals surface area contributed by atoms with Crippen molar-refractivity contribution in [1.82, 2.24) is 0 Å². The number of carbonyl (C=O) groups is 1. The molecule has 0 bridgehead atoms. The minimum atomic E-state index is -0.967. The molecule has 0 radical (unpaired) electrons. The van der Waals surface area contributed by atoms with Gasteiger partial charge in [-0.15, -0.1) is 0 Å². The molecule has 19 heavy (non-hydrogen) atoms. The Hall–Kier alpha value is -0.510. The topological polar surface area (TPSA) is 57.5 Å². The first-order valence-corrected chi connectivity index (χ1v) is 6.06. The van der Waals surface area contributed by atoms with E-state index in [2.05, 4.69) is 0 Å². The number of phenols is 1. The van der Waals surface area contributed by atoms with Crippen LogP contribution in [-0.2, 0) is 10.8 Å². The molecule has 0 saturated heterocycles. The summed E-state index contributed by atoms with van der Waals surface area (Å²) in [5, 5.41) is 19.5. The predicted octanol–water partition coefficient (Wildman–Crippen LogP) is 3.04. The fraction of sp³-hybridized carbons (Fsp3) is 0.533. The van der Waals surface area contributed by atoms with Gasteiger partial charge in [0.05, 0.1) is 5.56 Å². The second-order valence-corrected chi connectivity index (χ2v) is 6.73. The molecule has 4 heteroatoms. The van der Waals surface area contributed by atoms with Crippen molar-refractivity contribution in [2.24, 2.45) is 0 Å². The van der Waals surface area contributed by atoms with E-state index in [4.69, 9.17) is 0 Å². The van der Waals surface area contributed by atoms with Gasteiger partial charge in [-0.05, 0) is 23.0 Å². The van der Waals surface area contributed by atoms with E-state index in [9.17, 15) is 15.0 Å². The number of hydrogen-bond acceptors (Lipinski definition) is 2. The zero-order valence-corrected chi connectivity index (χ0v) is 12.0. The van der Waals surface area contributed by atoms with Gasteiger partial charge in [0, 0.05) is 11.1 Å². The van der Waals surface area contributed by atoms with Gasteiger partial charge >= 0.3 is 35.5 Å². The molecule has 2 N–H and O–H groups in total. The van der Waals surface area contributed by atoms with Crippen LogP contribution in [0.5, 0.6) is 5.75 Å². The summed E-state index contributed by atoms with van der Waals surface area (Å²) < 4.78 is 0. The van der Waals surface area contributed by atoms with Gasteiger partial charge in [-0.2, -0.15) is 0 Å². The molecule has 1 aromatic rings. The van der Waals surface area contributed by atoms with Crippen molar-refractivity contribution in [2.45, 2.75) is 52.4 Å². The van der Waals surface area contributed by atoms with Gasteiger partial charge in [0.2, 0.25) is 0 Å². The van der Waals surface area contributed by atoms with Crippen molar-refractivity contribution in [2.75, 3.05) is 0 Å². The summed E-state index contributed by atoms with van der Waals surface area (Å²) in [4.78, 5) is 11.2. The number of carboxylic acids is 1. The number of phenolic OH excluding ortho intramolecular Hbond substituents is 1. The van der Waals surface area contributed by atoms with E-state index in [1.807, 2.05) is 41.5 Å². The first-order valence-electron chi connectivity index (χ1n) is 6.06. The number of benzene rings is 1. The average Bonchev–Trinajstić information content (AvgIpc) is 2.13. The molecule has 0 aromatic heterocycles. The monoisotopic (exact) mass is 274 g/mol. The summed E-state index contributed by atoms with van der Waals surface area (Å²) in [6, 6.07) is 3.12. The van der Waals surface area contributed by atoms with Crippen LogP contribution in [-0.4, -0.2) is 45.7 Å². The van der Waals surface area contributed by atoms with Crippen molar-refractivity contribution in [3.05, 3.63) is 28.8 Å². The predicted molar refractivity (Wildman–Crippen MR) is 79.6 cm³/mol. The van der Waals surface area contributed by atoms with Crippen LogP contribution in [0.1, 0.15) is 63.0 Å². The molecule has 1 rings (SSSR count). The summed E-state index contributed by atoms with van der Waals surface area (Å²) in [6.45, 7) is 11.8. The summed E-state index contributed by atoms with van der Waals surface area (Å²) in [7, 11) is 0. The number of hydrogen-bond donors (Lipinski definition) is 2. The Kier molecular flexibility index (Phi) is 5.70. The van der Waals surface area contributed by atoms with Crippen molar-refractivity contribution in [1.29, 1.82) is 0 Å². The van der Waals surface area contributed by atoms with E-state index in [-0.39, 0.29) is 51.7 Å². The molecule has 102 valence electrons. The summed E-state index contributed by atoms with van der Waals surface area (Å²) in [5.41, 5.74) is 0.979. The van der Waals surface area contributed by atoms with Crippen LogP contribution in [0.3, 0.4) is 0 Å². The molecule has 0 spiro atoms. The third-order valence-corrected chi connectivity index (χ3v) is 2.97. The van der Waals surface area contributed by atoms with Gasteiger partial charge in [0.15, 0.2) is 0 Å². The van der Waals surface area contributed by atoms with Crippen LogP contribution in [0, 0.1) is 0 Å². The Morgan fingerprint density at radius 1 is 0.947 bits per heavy atom. The third kappa shape index (κ3) is 4.23. The van der Waals surface area contributed by atoms with Gasteiger partial charge in [0.1, 0.15) is 5.75 Å². The van der Waals surface area contributed by atoms with Gasteiger partial charge in [0.25, 0.3) is 0 Å². The number of aromatic carboxylic acids is 1. The standard InChI is InChI=1S/C15H22O3.Na.H/c1-14(2,3)10-7-9(13(17)18)8-11(12(10)16)15(4,5)6;;/h7-8,16H,1-6H3,(H,17,18);;. The molecule has 0 unspecified atom stereocenters. The van der Waals surface area contributed by atoms with E-state index < -0.39 is 5.97 Å². The van der Waals surface area contributed by atoms with Gasteiger partial charge in [-0.3, -0.25) is 0 Å². The van der Waals surface area contributed by atoms with Gasteiger partial charge < -0.3 is 10.2 Å². The second kappa shape index (κ2) is 5.86. The van der Waals surface area contributed by atoms with Crippen LogP contribution in [0.25, 0.3) is 0 Å². The zero-order valence-electron chi connectivity index (χ0n) is 12.0. The molecule has 1 aromatic carbocycles. The van der Waals surface area contributed by atoms with Gasteiger partial charge in [-0.1, -0.05) is 41.5 Å². The van der Waals surface area contributed by atoms with Gasteiger partial charge in [-0.25, -0.2) is 4.79 Å². The average molecular weight is 274 g/mol.